The first-order chi connectivity index (χ1) is 12.8. The number of carbonyl (C=O) groups excluding carboxylic acids is 2. The molecule has 4 N–H and O–H groups in total. The summed E-state index contributed by atoms with van der Waals surface area (Å²) < 4.78 is 5.93. The lowest BCUT2D eigenvalue weighted by molar-refractivity contribution is -0.143. The Labute approximate surface area is 160 Å². The third-order valence-corrected chi connectivity index (χ3v) is 3.73. The number of hydrogen-bond acceptors (Lipinski definition) is 4. The van der Waals surface area contributed by atoms with Crippen molar-refractivity contribution < 1.29 is 14.3 Å². The van der Waals surface area contributed by atoms with Crippen molar-refractivity contribution in [3.05, 3.63) is 65.7 Å². The number of benzene rings is 2. The first-order valence-corrected chi connectivity index (χ1v) is 8.91. The van der Waals surface area contributed by atoms with Gasteiger partial charge in [-0.2, -0.15) is 0 Å². The van der Waals surface area contributed by atoms with Crippen LogP contribution in [0.4, 0.5) is 5.69 Å². The van der Waals surface area contributed by atoms with Crippen LogP contribution in [0.2, 0.25) is 0 Å². The summed E-state index contributed by atoms with van der Waals surface area (Å²) in [4.78, 5) is 24.7. The van der Waals surface area contributed by atoms with Crippen molar-refractivity contribution in [2.45, 2.75) is 32.5 Å². The summed E-state index contributed by atoms with van der Waals surface area (Å²) in [5, 5.41) is 5.56. The molecule has 6 heteroatoms. The van der Waals surface area contributed by atoms with Crippen LogP contribution in [0.3, 0.4) is 0 Å². The van der Waals surface area contributed by atoms with E-state index in [1.165, 1.54) is 0 Å². The largest absolute Gasteiger partial charge is 0.398 e. The number of para-hydroxylation sites is 1. The first-order valence-electron chi connectivity index (χ1n) is 8.91. The van der Waals surface area contributed by atoms with Crippen molar-refractivity contribution >= 4 is 17.5 Å². The Morgan fingerprint density at radius 3 is 2.19 bits per heavy atom. The van der Waals surface area contributed by atoms with E-state index in [0.717, 1.165) is 5.56 Å². The molecule has 27 heavy (non-hydrogen) atoms. The van der Waals surface area contributed by atoms with E-state index in [1.807, 2.05) is 51.1 Å². The molecule has 0 aliphatic heterocycles. The van der Waals surface area contributed by atoms with E-state index in [9.17, 15) is 9.59 Å². The van der Waals surface area contributed by atoms with E-state index in [2.05, 4.69) is 10.6 Å². The Morgan fingerprint density at radius 2 is 1.56 bits per heavy atom. The molecule has 0 aliphatic rings. The van der Waals surface area contributed by atoms with Crippen molar-refractivity contribution in [2.75, 3.05) is 18.8 Å². The number of ether oxygens (including phenoxy) is 1. The minimum atomic E-state index is -0.716. The van der Waals surface area contributed by atoms with Gasteiger partial charge >= 0.3 is 0 Å². The lowest BCUT2D eigenvalue weighted by Crippen LogP contribution is -2.39. The van der Waals surface area contributed by atoms with Crippen LogP contribution in [0, 0.1) is 0 Å². The molecule has 0 fully saturated rings. The zero-order valence-corrected chi connectivity index (χ0v) is 16.0. The molecule has 0 bridgehead atoms. The fourth-order valence-electron chi connectivity index (χ4n) is 2.51. The third kappa shape index (κ3) is 6.42. The molecule has 0 saturated carbocycles. The highest BCUT2D eigenvalue weighted by atomic mass is 16.5. The van der Waals surface area contributed by atoms with E-state index < -0.39 is 11.7 Å². The highest BCUT2D eigenvalue weighted by Crippen LogP contribution is 2.24. The normalized spacial score (nSPS) is 12.3. The molecule has 0 aliphatic carbocycles. The number of anilines is 1. The number of hydrogen-bond donors (Lipinski definition) is 3. The zero-order chi connectivity index (χ0) is 19.9. The lowest BCUT2D eigenvalue weighted by atomic mass is 10.1. The molecule has 1 atom stereocenters. The predicted octanol–water partition coefficient (Wildman–Crippen LogP) is 2.67. The van der Waals surface area contributed by atoms with Gasteiger partial charge in [0.25, 0.3) is 11.8 Å². The molecule has 2 rings (SSSR count). The fourth-order valence-corrected chi connectivity index (χ4v) is 2.51. The Kier molecular flexibility index (Phi) is 6.96. The molecular weight excluding hydrogens is 342 g/mol. The quantitative estimate of drug-likeness (QED) is 0.517. The van der Waals surface area contributed by atoms with E-state index in [1.54, 1.807) is 24.3 Å². The molecule has 2 aromatic carbocycles. The first kappa shape index (κ1) is 20.5. The molecule has 0 aromatic heterocycles. The van der Waals surface area contributed by atoms with Gasteiger partial charge in [-0.05, 0) is 38.5 Å². The molecule has 2 aromatic rings. The van der Waals surface area contributed by atoms with Crippen LogP contribution >= 0.6 is 0 Å². The number of rotatable bonds is 7. The second-order valence-electron chi connectivity index (χ2n) is 7.16. The highest BCUT2D eigenvalue weighted by Gasteiger charge is 2.26. The molecule has 144 valence electrons. The van der Waals surface area contributed by atoms with Crippen LogP contribution in [0.5, 0.6) is 0 Å². The number of nitrogens with one attached hydrogen (secondary N) is 2. The second kappa shape index (κ2) is 9.19. The molecule has 0 radical (unpaired) electrons. The van der Waals surface area contributed by atoms with Gasteiger partial charge in [-0.15, -0.1) is 0 Å². The summed E-state index contributed by atoms with van der Waals surface area (Å²) in [7, 11) is 0. The van der Waals surface area contributed by atoms with Crippen LogP contribution in [0.15, 0.2) is 54.6 Å². The average molecular weight is 369 g/mol. The second-order valence-corrected chi connectivity index (χ2v) is 7.16. The Hall–Kier alpha value is -2.86. The highest BCUT2D eigenvalue weighted by molar-refractivity contribution is 5.99. The topological polar surface area (TPSA) is 93.5 Å². The van der Waals surface area contributed by atoms with Crippen LogP contribution in [-0.4, -0.2) is 30.5 Å². The summed E-state index contributed by atoms with van der Waals surface area (Å²) in [6.45, 7) is 6.28. The van der Waals surface area contributed by atoms with Crippen molar-refractivity contribution in [1.82, 2.24) is 10.6 Å². The molecule has 2 amide bonds. The van der Waals surface area contributed by atoms with Gasteiger partial charge in [-0.25, -0.2) is 0 Å². The zero-order valence-electron chi connectivity index (χ0n) is 16.0. The maximum absolute atomic E-state index is 12.6. The average Bonchev–Trinajstić information content (AvgIpc) is 2.63. The van der Waals surface area contributed by atoms with Gasteiger partial charge in [0, 0.05) is 18.8 Å². The Bertz CT molecular complexity index is 770. The van der Waals surface area contributed by atoms with Gasteiger partial charge in [0.05, 0.1) is 11.2 Å². The maximum Gasteiger partial charge on any atom is 0.253 e. The Balaban J connectivity index is 1.90. The van der Waals surface area contributed by atoms with E-state index in [4.69, 9.17) is 10.5 Å². The van der Waals surface area contributed by atoms with E-state index >= 15 is 0 Å². The molecular formula is C21H27N3O3. The minimum Gasteiger partial charge on any atom is -0.398 e. The van der Waals surface area contributed by atoms with Crippen molar-refractivity contribution in [2.24, 2.45) is 0 Å². The summed E-state index contributed by atoms with van der Waals surface area (Å²) in [6, 6.07) is 16.2. The van der Waals surface area contributed by atoms with Gasteiger partial charge in [-0.3, -0.25) is 9.59 Å². The van der Waals surface area contributed by atoms with Crippen LogP contribution in [0.1, 0.15) is 42.8 Å². The predicted molar refractivity (Wildman–Crippen MR) is 106 cm³/mol. The van der Waals surface area contributed by atoms with Gasteiger partial charge in [-0.1, -0.05) is 42.5 Å². The van der Waals surface area contributed by atoms with Crippen molar-refractivity contribution in [1.29, 1.82) is 0 Å². The van der Waals surface area contributed by atoms with Gasteiger partial charge < -0.3 is 21.1 Å². The van der Waals surface area contributed by atoms with Gasteiger partial charge in [0.1, 0.15) is 0 Å². The molecule has 0 saturated heterocycles. The third-order valence-electron chi connectivity index (χ3n) is 3.73. The summed E-state index contributed by atoms with van der Waals surface area (Å²) >= 11 is 0. The molecule has 0 unspecified atom stereocenters. The maximum atomic E-state index is 12.6. The summed E-state index contributed by atoms with van der Waals surface area (Å²) in [5.74, 6) is -0.516. The van der Waals surface area contributed by atoms with Crippen molar-refractivity contribution in [3.63, 3.8) is 0 Å². The molecule has 6 nitrogen and oxygen atoms in total. The smallest absolute Gasteiger partial charge is 0.253 e. The van der Waals surface area contributed by atoms with Crippen LogP contribution in [-0.2, 0) is 9.53 Å². The SMILES string of the molecule is CC(C)(C)O[C@H](C(=O)NCCNC(=O)c1ccccc1N)c1ccccc1. The van der Waals surface area contributed by atoms with Crippen LogP contribution in [0.25, 0.3) is 0 Å². The summed E-state index contributed by atoms with van der Waals surface area (Å²) in [6.07, 6.45) is -0.716. The number of amides is 2. The van der Waals surface area contributed by atoms with E-state index in [-0.39, 0.29) is 24.9 Å². The monoisotopic (exact) mass is 369 g/mol. The lowest BCUT2D eigenvalue weighted by Gasteiger charge is -2.27. The fraction of sp³-hybridized carbons (Fsp3) is 0.333. The molecule has 0 spiro atoms. The summed E-state index contributed by atoms with van der Waals surface area (Å²) in [5.41, 5.74) is 6.93. The molecule has 0 heterocycles. The number of nitrogen functional groups attached to an aromatic ring is 1. The number of nitrogens with two attached hydrogens (primary N) is 1. The van der Waals surface area contributed by atoms with Gasteiger partial charge in [0.2, 0.25) is 0 Å². The van der Waals surface area contributed by atoms with Crippen molar-refractivity contribution in [3.8, 4) is 0 Å². The standard InChI is InChI=1S/C21H27N3O3/c1-21(2,3)27-18(15-9-5-4-6-10-15)20(26)24-14-13-23-19(25)16-11-7-8-12-17(16)22/h4-12,18H,13-14,22H2,1-3H3,(H,23,25)(H,24,26)/t18-/m0/s1. The number of carbonyl (C=O) groups is 2. The minimum absolute atomic E-state index is 0.246. The Morgan fingerprint density at radius 1 is 0.963 bits per heavy atom. The van der Waals surface area contributed by atoms with Gasteiger partial charge in [0.15, 0.2) is 6.10 Å². The van der Waals surface area contributed by atoms with E-state index in [0.29, 0.717) is 11.3 Å². The van der Waals surface area contributed by atoms with Crippen LogP contribution < -0.4 is 16.4 Å².